The lowest BCUT2D eigenvalue weighted by molar-refractivity contribution is -0.139. The van der Waals surface area contributed by atoms with Gasteiger partial charge in [-0.05, 0) is 11.6 Å². The first-order valence-electron chi connectivity index (χ1n) is 5.15. The molecule has 0 aliphatic heterocycles. The number of carboxylic acid groups (broad SMARTS) is 1. The van der Waals surface area contributed by atoms with Gasteiger partial charge in [-0.15, -0.1) is 0 Å². The van der Waals surface area contributed by atoms with Crippen molar-refractivity contribution >= 4 is 16.9 Å². The quantitative estimate of drug-likeness (QED) is 0.543. The summed E-state index contributed by atoms with van der Waals surface area (Å²) in [6, 6.07) is 6.76. The van der Waals surface area contributed by atoms with Crippen molar-refractivity contribution in [3.8, 4) is 6.19 Å². The fourth-order valence-corrected chi connectivity index (χ4v) is 1.80. The van der Waals surface area contributed by atoms with Crippen LogP contribution in [0.2, 0.25) is 0 Å². The minimum Gasteiger partial charge on any atom is -0.480 e. The number of aliphatic carboxylic acids is 1. The molecule has 5 heteroatoms. The highest BCUT2D eigenvalue weighted by Crippen LogP contribution is 2.19. The predicted octanol–water partition coefficient (Wildman–Crippen LogP) is 1.23. The van der Waals surface area contributed by atoms with Gasteiger partial charge in [-0.2, -0.15) is 5.26 Å². The fraction of sp³-hybridized carbons (Fsp3) is 0.167. The van der Waals surface area contributed by atoms with E-state index in [4.69, 9.17) is 10.4 Å². The van der Waals surface area contributed by atoms with Crippen LogP contribution in [0.1, 0.15) is 5.56 Å². The second kappa shape index (κ2) is 4.58. The Bertz CT molecular complexity index is 583. The Morgan fingerprint density at radius 3 is 3.00 bits per heavy atom. The van der Waals surface area contributed by atoms with Crippen LogP contribution >= 0.6 is 0 Å². The number of rotatable bonds is 4. The van der Waals surface area contributed by atoms with Gasteiger partial charge in [0.15, 0.2) is 6.19 Å². The molecule has 0 saturated heterocycles. The standard InChI is InChI=1S/C12H11N3O2/c13-7-15-11(12(16)17)5-8-6-14-10-4-2-1-3-9(8)10/h1-4,6,11,14-15H,5H2,(H,16,17)/t11-/m0/s1. The maximum Gasteiger partial charge on any atom is 0.327 e. The van der Waals surface area contributed by atoms with Crippen molar-refractivity contribution in [3.63, 3.8) is 0 Å². The molecule has 5 nitrogen and oxygen atoms in total. The molecule has 1 aromatic heterocycles. The van der Waals surface area contributed by atoms with Crippen LogP contribution in [0.15, 0.2) is 30.5 Å². The molecular formula is C12H11N3O2. The number of nitrogens with zero attached hydrogens (tertiary/aromatic N) is 1. The molecule has 0 unspecified atom stereocenters. The van der Waals surface area contributed by atoms with E-state index in [1.54, 1.807) is 12.4 Å². The van der Waals surface area contributed by atoms with Crippen LogP contribution in [-0.2, 0) is 11.2 Å². The Hall–Kier alpha value is -2.48. The number of carboxylic acids is 1. The number of aromatic nitrogens is 1. The van der Waals surface area contributed by atoms with Gasteiger partial charge in [-0.1, -0.05) is 18.2 Å². The molecule has 0 radical (unpaired) electrons. The maximum absolute atomic E-state index is 10.9. The molecule has 0 saturated carbocycles. The van der Waals surface area contributed by atoms with Gasteiger partial charge in [-0.25, -0.2) is 4.79 Å². The lowest BCUT2D eigenvalue weighted by Gasteiger charge is -2.08. The first-order chi connectivity index (χ1) is 8.22. The van der Waals surface area contributed by atoms with Crippen molar-refractivity contribution in [2.75, 3.05) is 0 Å². The first kappa shape index (κ1) is 11.0. The Morgan fingerprint density at radius 1 is 1.53 bits per heavy atom. The van der Waals surface area contributed by atoms with Crippen LogP contribution in [0.3, 0.4) is 0 Å². The summed E-state index contributed by atoms with van der Waals surface area (Å²) in [7, 11) is 0. The van der Waals surface area contributed by atoms with Gasteiger partial charge in [0.1, 0.15) is 6.04 Å². The lowest BCUT2D eigenvalue weighted by Crippen LogP contribution is -2.35. The summed E-state index contributed by atoms with van der Waals surface area (Å²) in [6.45, 7) is 0. The topological polar surface area (TPSA) is 88.9 Å². The van der Waals surface area contributed by atoms with E-state index < -0.39 is 12.0 Å². The Morgan fingerprint density at radius 2 is 2.29 bits per heavy atom. The molecule has 0 aliphatic carbocycles. The van der Waals surface area contributed by atoms with Crippen LogP contribution in [0.5, 0.6) is 0 Å². The van der Waals surface area contributed by atoms with Crippen molar-refractivity contribution in [3.05, 3.63) is 36.0 Å². The number of hydrogen-bond acceptors (Lipinski definition) is 3. The molecule has 1 atom stereocenters. The van der Waals surface area contributed by atoms with Crippen LogP contribution in [0, 0.1) is 11.5 Å². The summed E-state index contributed by atoms with van der Waals surface area (Å²) in [5.41, 5.74) is 1.85. The monoisotopic (exact) mass is 229 g/mol. The Kier molecular flexibility index (Phi) is 2.97. The third-order valence-electron chi connectivity index (χ3n) is 2.64. The summed E-state index contributed by atoms with van der Waals surface area (Å²) in [4.78, 5) is 14.0. The zero-order valence-corrected chi connectivity index (χ0v) is 8.97. The molecule has 0 spiro atoms. The number of nitriles is 1. The Labute approximate surface area is 97.7 Å². The molecule has 0 aliphatic rings. The van der Waals surface area contributed by atoms with Gasteiger partial charge < -0.3 is 15.4 Å². The number of hydrogen-bond donors (Lipinski definition) is 3. The molecule has 0 bridgehead atoms. The van der Waals surface area contributed by atoms with Gasteiger partial charge in [0.05, 0.1) is 0 Å². The van der Waals surface area contributed by atoms with Gasteiger partial charge in [0.2, 0.25) is 0 Å². The fourth-order valence-electron chi connectivity index (χ4n) is 1.80. The number of nitrogens with one attached hydrogen (secondary N) is 2. The van der Waals surface area contributed by atoms with Crippen molar-refractivity contribution in [1.29, 1.82) is 5.26 Å². The molecular weight excluding hydrogens is 218 g/mol. The highest BCUT2D eigenvalue weighted by Gasteiger charge is 2.18. The molecule has 86 valence electrons. The van der Waals surface area contributed by atoms with Crippen LogP contribution in [0.4, 0.5) is 0 Å². The summed E-state index contributed by atoms with van der Waals surface area (Å²) in [6.07, 6.45) is 3.72. The van der Waals surface area contributed by atoms with E-state index >= 15 is 0 Å². The molecule has 0 amide bonds. The molecule has 0 fully saturated rings. The molecule has 17 heavy (non-hydrogen) atoms. The molecule has 1 aromatic carbocycles. The minimum atomic E-state index is -1.03. The van der Waals surface area contributed by atoms with E-state index in [1.807, 2.05) is 24.3 Å². The minimum absolute atomic E-state index is 0.271. The van der Waals surface area contributed by atoms with Gasteiger partial charge in [-0.3, -0.25) is 0 Å². The van der Waals surface area contributed by atoms with Gasteiger partial charge >= 0.3 is 5.97 Å². The lowest BCUT2D eigenvalue weighted by atomic mass is 10.1. The van der Waals surface area contributed by atoms with Crippen molar-refractivity contribution < 1.29 is 9.90 Å². The van der Waals surface area contributed by atoms with Gasteiger partial charge in [0.25, 0.3) is 0 Å². The second-order valence-corrected chi connectivity index (χ2v) is 3.71. The summed E-state index contributed by atoms with van der Waals surface area (Å²) in [5.74, 6) is -1.03. The number of fused-ring (bicyclic) bond motifs is 1. The largest absolute Gasteiger partial charge is 0.480 e. The third-order valence-corrected chi connectivity index (χ3v) is 2.64. The molecule has 2 aromatic rings. The van der Waals surface area contributed by atoms with Crippen molar-refractivity contribution in [1.82, 2.24) is 10.3 Å². The highest BCUT2D eigenvalue weighted by molar-refractivity contribution is 5.84. The number of aromatic amines is 1. The maximum atomic E-state index is 10.9. The van der Waals surface area contributed by atoms with E-state index in [1.165, 1.54) is 0 Å². The summed E-state index contributed by atoms with van der Waals surface area (Å²) in [5, 5.41) is 20.7. The number of H-pyrrole nitrogens is 1. The van der Waals surface area contributed by atoms with Crippen LogP contribution in [0.25, 0.3) is 10.9 Å². The van der Waals surface area contributed by atoms with E-state index in [0.29, 0.717) is 0 Å². The van der Waals surface area contributed by atoms with Crippen molar-refractivity contribution in [2.24, 2.45) is 0 Å². The van der Waals surface area contributed by atoms with Crippen LogP contribution in [-0.4, -0.2) is 22.1 Å². The van der Waals surface area contributed by atoms with Gasteiger partial charge in [0, 0.05) is 23.5 Å². The first-order valence-corrected chi connectivity index (χ1v) is 5.15. The number of carbonyl (C=O) groups is 1. The highest BCUT2D eigenvalue weighted by atomic mass is 16.4. The molecule has 3 N–H and O–H groups in total. The number of para-hydroxylation sites is 1. The SMILES string of the molecule is N#CN[C@@H](Cc1c[nH]c2ccccc12)C(=O)O. The predicted molar refractivity (Wildman–Crippen MR) is 62.2 cm³/mol. The zero-order valence-electron chi connectivity index (χ0n) is 8.97. The number of benzene rings is 1. The van der Waals surface area contributed by atoms with Crippen LogP contribution < -0.4 is 5.32 Å². The zero-order chi connectivity index (χ0) is 12.3. The van der Waals surface area contributed by atoms with E-state index in [9.17, 15) is 4.79 Å². The van der Waals surface area contributed by atoms with E-state index in [0.717, 1.165) is 16.5 Å². The smallest absolute Gasteiger partial charge is 0.327 e. The van der Waals surface area contributed by atoms with Crippen molar-refractivity contribution in [2.45, 2.75) is 12.5 Å². The Balaban J connectivity index is 2.28. The molecule has 2 rings (SSSR count). The van der Waals surface area contributed by atoms with E-state index in [-0.39, 0.29) is 6.42 Å². The molecule has 1 heterocycles. The normalized spacial score (nSPS) is 11.9. The average molecular weight is 229 g/mol. The summed E-state index contributed by atoms with van der Waals surface area (Å²) < 4.78 is 0. The average Bonchev–Trinajstić information content (AvgIpc) is 2.72. The third kappa shape index (κ3) is 2.21. The summed E-state index contributed by atoms with van der Waals surface area (Å²) >= 11 is 0. The second-order valence-electron chi connectivity index (χ2n) is 3.71. The van der Waals surface area contributed by atoms with E-state index in [2.05, 4.69) is 10.3 Å².